The number of benzene rings is 1. The Balaban J connectivity index is 1.83. The summed E-state index contributed by atoms with van der Waals surface area (Å²) in [5, 5.41) is 4.89. The van der Waals surface area contributed by atoms with E-state index in [0.29, 0.717) is 9.79 Å². The molecule has 0 amide bonds. The fourth-order valence-electron chi connectivity index (χ4n) is 2.19. The van der Waals surface area contributed by atoms with Crippen LogP contribution in [0.3, 0.4) is 0 Å². The molecule has 6 heteroatoms. The van der Waals surface area contributed by atoms with Crippen LogP contribution in [0.25, 0.3) is 11.0 Å². The lowest BCUT2D eigenvalue weighted by Gasteiger charge is -2.05. The van der Waals surface area contributed by atoms with Crippen LogP contribution in [-0.4, -0.2) is 19.3 Å². The summed E-state index contributed by atoms with van der Waals surface area (Å²) >= 11 is 11.5. The van der Waals surface area contributed by atoms with Crippen molar-refractivity contribution in [2.45, 2.75) is 19.5 Å². The number of hydrogen-bond donors (Lipinski definition) is 1. The van der Waals surface area contributed by atoms with Crippen LogP contribution in [0.1, 0.15) is 6.42 Å². The topological polar surface area (TPSA) is 38.5 Å². The van der Waals surface area contributed by atoms with E-state index in [0.717, 1.165) is 30.5 Å². The molecule has 3 aromatic rings. The van der Waals surface area contributed by atoms with Crippen LogP contribution < -0.4 is 0 Å². The lowest BCUT2D eigenvalue weighted by atomic mass is 10.3. The van der Waals surface area contributed by atoms with Gasteiger partial charge in [-0.15, -0.1) is 0 Å². The van der Waals surface area contributed by atoms with Crippen LogP contribution in [0.4, 0.5) is 0 Å². The second-order valence-corrected chi connectivity index (χ2v) is 5.13. The minimum absolute atomic E-state index is 0.703. The zero-order valence-corrected chi connectivity index (χ0v) is 11.8. The number of aryl methyl sites for hydroxylation is 2. The lowest BCUT2D eigenvalue weighted by Crippen LogP contribution is -2.04. The van der Waals surface area contributed by atoms with Gasteiger partial charge in [-0.2, -0.15) is 5.10 Å². The van der Waals surface area contributed by atoms with Crippen molar-refractivity contribution >= 4 is 34.9 Å². The molecule has 0 saturated heterocycles. The summed E-state index contributed by atoms with van der Waals surface area (Å²) in [4.78, 5) is 3.16. The van der Waals surface area contributed by atoms with Crippen LogP contribution in [0.2, 0.25) is 5.02 Å². The SMILES string of the molecule is S=c1[nH]c2c(Cl)cccc2n1CCCn1cccn1. The first-order chi connectivity index (χ1) is 9.25. The molecule has 0 aliphatic carbocycles. The molecular weight excluding hydrogens is 280 g/mol. The lowest BCUT2D eigenvalue weighted by molar-refractivity contribution is 0.530. The Morgan fingerprint density at radius 2 is 2.16 bits per heavy atom. The third-order valence-electron chi connectivity index (χ3n) is 3.09. The molecule has 98 valence electrons. The van der Waals surface area contributed by atoms with Crippen molar-refractivity contribution < 1.29 is 0 Å². The second-order valence-electron chi connectivity index (χ2n) is 4.34. The number of hydrogen-bond acceptors (Lipinski definition) is 2. The summed E-state index contributed by atoms with van der Waals surface area (Å²) in [5.74, 6) is 0. The Labute approximate surface area is 120 Å². The second kappa shape index (κ2) is 5.19. The Kier molecular flexibility index (Phi) is 3.40. The van der Waals surface area contributed by atoms with E-state index >= 15 is 0 Å². The van der Waals surface area contributed by atoms with Gasteiger partial charge < -0.3 is 9.55 Å². The van der Waals surface area contributed by atoms with Gasteiger partial charge in [0.15, 0.2) is 4.77 Å². The first-order valence-corrected chi connectivity index (χ1v) is 6.89. The molecule has 1 aromatic carbocycles. The standard InChI is InChI=1S/C13H13ClN4S/c14-10-4-1-5-11-12(10)16-13(19)18(11)9-3-8-17-7-2-6-15-17/h1-2,4-7H,3,8-9H2,(H,16,19). The van der Waals surface area contributed by atoms with Crippen molar-refractivity contribution in [3.05, 3.63) is 46.5 Å². The Hall–Kier alpha value is -1.59. The van der Waals surface area contributed by atoms with E-state index in [-0.39, 0.29) is 0 Å². The highest BCUT2D eigenvalue weighted by atomic mass is 35.5. The fraction of sp³-hybridized carbons (Fsp3) is 0.231. The van der Waals surface area contributed by atoms with Gasteiger partial charge in [-0.3, -0.25) is 4.68 Å². The van der Waals surface area contributed by atoms with E-state index in [9.17, 15) is 0 Å². The van der Waals surface area contributed by atoms with Crippen LogP contribution >= 0.6 is 23.8 Å². The average Bonchev–Trinajstić information content (AvgIpc) is 3.00. The fourth-order valence-corrected chi connectivity index (χ4v) is 2.70. The Morgan fingerprint density at radius 3 is 2.95 bits per heavy atom. The summed E-state index contributed by atoms with van der Waals surface area (Å²) in [6.07, 6.45) is 4.72. The molecular formula is C13H13ClN4S. The van der Waals surface area contributed by atoms with Gasteiger partial charge in [0.1, 0.15) is 0 Å². The molecule has 0 aliphatic heterocycles. The van der Waals surface area contributed by atoms with E-state index < -0.39 is 0 Å². The van der Waals surface area contributed by atoms with Gasteiger partial charge in [-0.1, -0.05) is 17.7 Å². The van der Waals surface area contributed by atoms with Gasteiger partial charge in [0, 0.05) is 25.5 Å². The van der Waals surface area contributed by atoms with Crippen LogP contribution in [-0.2, 0) is 13.1 Å². The highest BCUT2D eigenvalue weighted by molar-refractivity contribution is 7.71. The molecule has 0 spiro atoms. The molecule has 3 rings (SSSR count). The zero-order valence-electron chi connectivity index (χ0n) is 10.2. The number of nitrogens with one attached hydrogen (secondary N) is 1. The van der Waals surface area contributed by atoms with Crippen LogP contribution in [0.5, 0.6) is 0 Å². The molecule has 19 heavy (non-hydrogen) atoms. The molecule has 0 radical (unpaired) electrons. The van der Waals surface area contributed by atoms with Crippen LogP contribution in [0.15, 0.2) is 36.7 Å². The number of fused-ring (bicyclic) bond motifs is 1. The molecule has 0 aliphatic rings. The largest absolute Gasteiger partial charge is 0.329 e. The monoisotopic (exact) mass is 292 g/mol. The molecule has 2 aromatic heterocycles. The molecule has 2 heterocycles. The van der Waals surface area contributed by atoms with E-state index in [1.54, 1.807) is 6.20 Å². The number of para-hydroxylation sites is 1. The van der Waals surface area contributed by atoms with Gasteiger partial charge in [0.2, 0.25) is 0 Å². The van der Waals surface area contributed by atoms with Gasteiger partial charge in [-0.05, 0) is 36.8 Å². The Morgan fingerprint density at radius 1 is 1.26 bits per heavy atom. The van der Waals surface area contributed by atoms with Crippen molar-refractivity contribution in [3.63, 3.8) is 0 Å². The predicted molar refractivity (Wildman–Crippen MR) is 79.0 cm³/mol. The smallest absolute Gasteiger partial charge is 0.178 e. The number of imidazole rings is 1. The van der Waals surface area contributed by atoms with Gasteiger partial charge in [0.05, 0.1) is 16.1 Å². The maximum atomic E-state index is 6.15. The number of aromatic amines is 1. The van der Waals surface area contributed by atoms with Gasteiger partial charge in [0.25, 0.3) is 0 Å². The van der Waals surface area contributed by atoms with Crippen molar-refractivity contribution in [3.8, 4) is 0 Å². The zero-order chi connectivity index (χ0) is 13.2. The summed E-state index contributed by atoms with van der Waals surface area (Å²) in [6.45, 7) is 1.72. The number of halogens is 1. The highest BCUT2D eigenvalue weighted by Gasteiger charge is 2.06. The molecule has 0 unspecified atom stereocenters. The molecule has 0 fully saturated rings. The van der Waals surface area contributed by atoms with E-state index in [2.05, 4.69) is 14.6 Å². The summed E-state index contributed by atoms with van der Waals surface area (Å²) in [7, 11) is 0. The maximum Gasteiger partial charge on any atom is 0.178 e. The van der Waals surface area contributed by atoms with E-state index in [4.69, 9.17) is 23.8 Å². The third kappa shape index (κ3) is 2.43. The Bertz CT molecular complexity index is 742. The molecule has 0 atom stereocenters. The third-order valence-corrected chi connectivity index (χ3v) is 3.73. The number of rotatable bonds is 4. The van der Waals surface area contributed by atoms with Gasteiger partial charge in [-0.25, -0.2) is 0 Å². The molecule has 0 saturated carbocycles. The molecule has 0 bridgehead atoms. The van der Waals surface area contributed by atoms with Crippen molar-refractivity contribution in [1.29, 1.82) is 0 Å². The minimum Gasteiger partial charge on any atom is -0.329 e. The van der Waals surface area contributed by atoms with Gasteiger partial charge >= 0.3 is 0 Å². The molecule has 4 nitrogen and oxygen atoms in total. The molecule has 1 N–H and O–H groups in total. The van der Waals surface area contributed by atoms with E-state index in [1.165, 1.54) is 0 Å². The van der Waals surface area contributed by atoms with Crippen LogP contribution in [0, 0.1) is 4.77 Å². The highest BCUT2D eigenvalue weighted by Crippen LogP contribution is 2.22. The van der Waals surface area contributed by atoms with Crippen molar-refractivity contribution in [2.24, 2.45) is 0 Å². The van der Waals surface area contributed by atoms with Crippen molar-refractivity contribution in [1.82, 2.24) is 19.3 Å². The quantitative estimate of drug-likeness (QED) is 0.746. The summed E-state index contributed by atoms with van der Waals surface area (Å²) < 4.78 is 4.72. The predicted octanol–water partition coefficient (Wildman–Crippen LogP) is 3.64. The van der Waals surface area contributed by atoms with Crippen molar-refractivity contribution in [2.75, 3.05) is 0 Å². The number of nitrogens with zero attached hydrogens (tertiary/aromatic N) is 3. The maximum absolute atomic E-state index is 6.15. The normalized spacial score (nSPS) is 11.2. The van der Waals surface area contributed by atoms with E-state index in [1.807, 2.05) is 35.1 Å². The summed E-state index contributed by atoms with van der Waals surface area (Å²) in [5.41, 5.74) is 1.96. The number of aromatic nitrogens is 4. The first-order valence-electron chi connectivity index (χ1n) is 6.10. The average molecular weight is 293 g/mol. The minimum atomic E-state index is 0.703. The first kappa shape index (κ1) is 12.4. The summed E-state index contributed by atoms with van der Waals surface area (Å²) in [6, 6.07) is 7.76. The number of H-pyrrole nitrogens is 1.